The van der Waals surface area contributed by atoms with Crippen LogP contribution in [0, 0.1) is 0 Å². The van der Waals surface area contributed by atoms with Crippen LogP contribution in [0.5, 0.6) is 0 Å². The first-order valence-electron chi connectivity index (χ1n) is 5.96. The lowest BCUT2D eigenvalue weighted by Crippen LogP contribution is -2.54. The average Bonchev–Trinajstić information content (AvgIpc) is 2.53. The van der Waals surface area contributed by atoms with E-state index in [1.165, 1.54) is 0 Å². The molecule has 2 aliphatic heterocycles. The summed E-state index contributed by atoms with van der Waals surface area (Å²) in [5.41, 5.74) is 0.104. The molecule has 0 radical (unpaired) electrons. The third-order valence-electron chi connectivity index (χ3n) is 3.43. The van der Waals surface area contributed by atoms with Gasteiger partial charge in [-0.05, 0) is 39.2 Å². The second-order valence-electron chi connectivity index (χ2n) is 4.97. The van der Waals surface area contributed by atoms with Gasteiger partial charge in [-0.15, -0.1) is 0 Å². The summed E-state index contributed by atoms with van der Waals surface area (Å²) < 4.78 is 0. The van der Waals surface area contributed by atoms with Gasteiger partial charge in [0.2, 0.25) is 5.91 Å². The maximum absolute atomic E-state index is 11.8. The van der Waals surface area contributed by atoms with E-state index in [4.69, 9.17) is 0 Å². The van der Waals surface area contributed by atoms with Crippen molar-refractivity contribution in [1.82, 2.24) is 16.0 Å². The minimum absolute atomic E-state index is 0.0115. The zero-order valence-corrected chi connectivity index (χ0v) is 9.44. The smallest absolute Gasteiger partial charge is 0.237 e. The van der Waals surface area contributed by atoms with Gasteiger partial charge in [0.1, 0.15) is 0 Å². The Labute approximate surface area is 91.2 Å². The van der Waals surface area contributed by atoms with E-state index in [2.05, 4.69) is 22.9 Å². The molecule has 3 N–H and O–H groups in total. The monoisotopic (exact) mass is 211 g/mol. The number of hydrogen-bond acceptors (Lipinski definition) is 3. The zero-order chi connectivity index (χ0) is 10.7. The molecule has 0 aromatic carbocycles. The van der Waals surface area contributed by atoms with Crippen LogP contribution in [0.15, 0.2) is 0 Å². The van der Waals surface area contributed by atoms with Gasteiger partial charge in [-0.25, -0.2) is 0 Å². The summed E-state index contributed by atoms with van der Waals surface area (Å²) in [6.07, 6.45) is 4.33. The van der Waals surface area contributed by atoms with Crippen LogP contribution in [-0.2, 0) is 4.79 Å². The molecular weight excluding hydrogens is 190 g/mol. The fraction of sp³-hybridized carbons (Fsp3) is 0.909. The molecule has 0 bridgehead atoms. The van der Waals surface area contributed by atoms with E-state index in [0.717, 1.165) is 45.3 Å². The maximum Gasteiger partial charge on any atom is 0.237 e. The quantitative estimate of drug-likeness (QED) is 0.602. The predicted molar refractivity (Wildman–Crippen MR) is 59.7 cm³/mol. The lowest BCUT2D eigenvalue weighted by Gasteiger charge is -2.29. The number of carbonyl (C=O) groups is 1. The third kappa shape index (κ3) is 2.69. The fourth-order valence-corrected chi connectivity index (χ4v) is 2.44. The molecule has 2 atom stereocenters. The molecule has 2 heterocycles. The van der Waals surface area contributed by atoms with Crippen molar-refractivity contribution < 1.29 is 4.79 Å². The van der Waals surface area contributed by atoms with Crippen molar-refractivity contribution in [3.63, 3.8) is 0 Å². The van der Waals surface area contributed by atoms with Gasteiger partial charge in [-0.2, -0.15) is 0 Å². The SMILES string of the molecule is CC1(NC2CCCCNC2=O)CCNC1. The first kappa shape index (κ1) is 10.9. The molecule has 2 aliphatic rings. The molecule has 2 saturated heterocycles. The van der Waals surface area contributed by atoms with Crippen molar-refractivity contribution in [3.8, 4) is 0 Å². The van der Waals surface area contributed by atoms with Crippen LogP contribution in [-0.4, -0.2) is 37.1 Å². The highest BCUT2D eigenvalue weighted by Gasteiger charge is 2.33. The van der Waals surface area contributed by atoms with Gasteiger partial charge >= 0.3 is 0 Å². The van der Waals surface area contributed by atoms with Crippen LogP contribution < -0.4 is 16.0 Å². The summed E-state index contributed by atoms with van der Waals surface area (Å²) in [6.45, 7) is 5.06. The largest absolute Gasteiger partial charge is 0.355 e. The molecule has 0 aromatic rings. The summed E-state index contributed by atoms with van der Waals surface area (Å²) >= 11 is 0. The van der Waals surface area contributed by atoms with Crippen LogP contribution in [0.1, 0.15) is 32.6 Å². The molecule has 4 heteroatoms. The Kier molecular flexibility index (Phi) is 3.26. The zero-order valence-electron chi connectivity index (χ0n) is 9.44. The molecule has 4 nitrogen and oxygen atoms in total. The van der Waals surface area contributed by atoms with E-state index in [-0.39, 0.29) is 17.5 Å². The average molecular weight is 211 g/mol. The van der Waals surface area contributed by atoms with Crippen molar-refractivity contribution >= 4 is 5.91 Å². The topological polar surface area (TPSA) is 53.2 Å². The van der Waals surface area contributed by atoms with Gasteiger partial charge in [0, 0.05) is 18.6 Å². The minimum atomic E-state index is 0.0115. The molecule has 0 spiro atoms. The molecule has 1 amide bonds. The van der Waals surface area contributed by atoms with Gasteiger partial charge in [0.05, 0.1) is 6.04 Å². The third-order valence-corrected chi connectivity index (χ3v) is 3.43. The Morgan fingerprint density at radius 2 is 2.27 bits per heavy atom. The number of amides is 1. The Bertz CT molecular complexity index is 236. The number of carbonyl (C=O) groups excluding carboxylic acids is 1. The van der Waals surface area contributed by atoms with Crippen molar-refractivity contribution in [1.29, 1.82) is 0 Å². The standard InChI is InChI=1S/C11H21N3O/c1-11(5-7-12-8-11)14-9-4-2-3-6-13-10(9)15/h9,12,14H,2-8H2,1H3,(H,13,15). The molecular formula is C11H21N3O. The first-order chi connectivity index (χ1) is 7.20. The molecule has 0 aliphatic carbocycles. The molecule has 86 valence electrons. The van der Waals surface area contributed by atoms with Crippen molar-refractivity contribution in [2.45, 2.75) is 44.2 Å². The highest BCUT2D eigenvalue weighted by Crippen LogP contribution is 2.16. The predicted octanol–water partition coefficient (Wildman–Crippen LogP) is -0.00330. The number of rotatable bonds is 2. The van der Waals surface area contributed by atoms with Crippen LogP contribution in [0.3, 0.4) is 0 Å². The number of nitrogens with one attached hydrogen (secondary N) is 3. The van der Waals surface area contributed by atoms with E-state index in [0.29, 0.717) is 0 Å². The van der Waals surface area contributed by atoms with E-state index < -0.39 is 0 Å². The van der Waals surface area contributed by atoms with Gasteiger partial charge in [0.15, 0.2) is 0 Å². The summed E-state index contributed by atoms with van der Waals surface area (Å²) in [5, 5.41) is 9.81. The van der Waals surface area contributed by atoms with Crippen LogP contribution in [0.25, 0.3) is 0 Å². The molecule has 2 rings (SSSR count). The van der Waals surface area contributed by atoms with Gasteiger partial charge < -0.3 is 10.6 Å². The second kappa shape index (κ2) is 4.49. The maximum atomic E-state index is 11.8. The van der Waals surface area contributed by atoms with Crippen LogP contribution in [0.4, 0.5) is 0 Å². The highest BCUT2D eigenvalue weighted by molar-refractivity contribution is 5.82. The molecule has 0 aromatic heterocycles. The van der Waals surface area contributed by atoms with E-state index in [1.54, 1.807) is 0 Å². The number of hydrogen-bond donors (Lipinski definition) is 3. The normalized spacial score (nSPS) is 37.4. The Morgan fingerprint density at radius 1 is 1.40 bits per heavy atom. The van der Waals surface area contributed by atoms with Crippen LogP contribution >= 0.6 is 0 Å². The summed E-state index contributed by atoms with van der Waals surface area (Å²) in [6, 6.07) is 0.0115. The minimum Gasteiger partial charge on any atom is -0.355 e. The Morgan fingerprint density at radius 3 is 3.00 bits per heavy atom. The van der Waals surface area contributed by atoms with E-state index in [9.17, 15) is 4.79 Å². The Balaban J connectivity index is 1.93. The first-order valence-corrected chi connectivity index (χ1v) is 5.96. The second-order valence-corrected chi connectivity index (χ2v) is 4.97. The lowest BCUT2D eigenvalue weighted by molar-refractivity contribution is -0.123. The summed E-state index contributed by atoms with van der Waals surface area (Å²) in [5.74, 6) is 0.181. The Hall–Kier alpha value is -0.610. The van der Waals surface area contributed by atoms with Gasteiger partial charge in [0.25, 0.3) is 0 Å². The van der Waals surface area contributed by atoms with E-state index >= 15 is 0 Å². The fourth-order valence-electron chi connectivity index (χ4n) is 2.44. The van der Waals surface area contributed by atoms with Crippen molar-refractivity contribution in [2.24, 2.45) is 0 Å². The molecule has 2 unspecified atom stereocenters. The van der Waals surface area contributed by atoms with Crippen molar-refractivity contribution in [3.05, 3.63) is 0 Å². The van der Waals surface area contributed by atoms with Gasteiger partial charge in [-0.1, -0.05) is 0 Å². The summed E-state index contributed by atoms with van der Waals surface area (Å²) in [7, 11) is 0. The van der Waals surface area contributed by atoms with E-state index in [1.807, 2.05) is 0 Å². The van der Waals surface area contributed by atoms with Crippen molar-refractivity contribution in [2.75, 3.05) is 19.6 Å². The molecule has 0 saturated carbocycles. The highest BCUT2D eigenvalue weighted by atomic mass is 16.2. The lowest BCUT2D eigenvalue weighted by atomic mass is 9.98. The molecule has 2 fully saturated rings. The van der Waals surface area contributed by atoms with Gasteiger partial charge in [-0.3, -0.25) is 10.1 Å². The molecule has 15 heavy (non-hydrogen) atoms. The summed E-state index contributed by atoms with van der Waals surface area (Å²) in [4.78, 5) is 11.8. The van der Waals surface area contributed by atoms with Crippen LogP contribution in [0.2, 0.25) is 0 Å².